The summed E-state index contributed by atoms with van der Waals surface area (Å²) < 4.78 is 5.44. The van der Waals surface area contributed by atoms with E-state index in [1.54, 1.807) is 6.92 Å². The molecule has 0 aromatic heterocycles. The summed E-state index contributed by atoms with van der Waals surface area (Å²) >= 11 is 0. The smallest absolute Gasteiger partial charge is 0.249 e. The van der Waals surface area contributed by atoms with E-state index in [9.17, 15) is 14.4 Å². The minimum atomic E-state index is -0.570. The van der Waals surface area contributed by atoms with Gasteiger partial charge in [0.15, 0.2) is 0 Å². The van der Waals surface area contributed by atoms with Crippen molar-refractivity contribution < 1.29 is 19.1 Å². The van der Waals surface area contributed by atoms with Gasteiger partial charge in [-0.25, -0.2) is 0 Å². The standard InChI is InChI=1S/C12H18N2O4/c1-8-12(17)13-10(15)7-14(8)11(16)5-4-9-3-2-6-18-9/h8-9H,2-7H2,1H3,(H,13,15,17). The molecule has 2 aliphatic rings. The highest BCUT2D eigenvalue weighted by atomic mass is 16.5. The number of hydrogen-bond donors (Lipinski definition) is 1. The summed E-state index contributed by atoms with van der Waals surface area (Å²) in [5, 5.41) is 2.21. The van der Waals surface area contributed by atoms with Crippen molar-refractivity contribution in [1.82, 2.24) is 10.2 Å². The first-order valence-electron chi connectivity index (χ1n) is 6.32. The number of carbonyl (C=O) groups is 3. The molecule has 0 radical (unpaired) electrons. The van der Waals surface area contributed by atoms with Gasteiger partial charge < -0.3 is 9.64 Å². The van der Waals surface area contributed by atoms with Crippen molar-refractivity contribution in [2.75, 3.05) is 13.2 Å². The minimum absolute atomic E-state index is 0.0305. The van der Waals surface area contributed by atoms with Crippen molar-refractivity contribution in [3.8, 4) is 0 Å². The third kappa shape index (κ3) is 2.87. The molecule has 3 amide bonds. The number of carbonyl (C=O) groups excluding carboxylic acids is 3. The van der Waals surface area contributed by atoms with E-state index in [4.69, 9.17) is 4.74 Å². The SMILES string of the molecule is CC1C(=O)NC(=O)CN1C(=O)CCC1CCCO1. The van der Waals surface area contributed by atoms with E-state index in [2.05, 4.69) is 5.32 Å². The van der Waals surface area contributed by atoms with Crippen LogP contribution in [0, 0.1) is 0 Å². The molecule has 0 saturated carbocycles. The van der Waals surface area contributed by atoms with Crippen LogP contribution >= 0.6 is 0 Å². The van der Waals surface area contributed by atoms with E-state index in [0.29, 0.717) is 12.8 Å². The Hall–Kier alpha value is -1.43. The Bertz CT molecular complexity index is 363. The van der Waals surface area contributed by atoms with Crippen molar-refractivity contribution in [3.63, 3.8) is 0 Å². The summed E-state index contributed by atoms with van der Waals surface area (Å²) in [4.78, 5) is 36.0. The Balaban J connectivity index is 1.86. The molecule has 6 nitrogen and oxygen atoms in total. The molecule has 2 unspecified atom stereocenters. The van der Waals surface area contributed by atoms with E-state index < -0.39 is 17.9 Å². The maximum absolute atomic E-state index is 12.0. The number of ether oxygens (including phenoxy) is 1. The lowest BCUT2D eigenvalue weighted by Gasteiger charge is -2.31. The lowest BCUT2D eigenvalue weighted by Crippen LogP contribution is -2.58. The molecule has 2 rings (SSSR count). The molecule has 1 N–H and O–H groups in total. The highest BCUT2D eigenvalue weighted by Gasteiger charge is 2.33. The molecule has 0 aromatic rings. The van der Waals surface area contributed by atoms with Crippen LogP contribution in [-0.2, 0) is 19.1 Å². The monoisotopic (exact) mass is 254 g/mol. The van der Waals surface area contributed by atoms with Crippen LogP contribution in [0.1, 0.15) is 32.6 Å². The molecule has 2 fully saturated rings. The summed E-state index contributed by atoms with van der Waals surface area (Å²) in [6, 6.07) is -0.570. The molecule has 18 heavy (non-hydrogen) atoms. The number of amides is 3. The fourth-order valence-corrected chi connectivity index (χ4v) is 2.32. The van der Waals surface area contributed by atoms with Gasteiger partial charge in [0.1, 0.15) is 12.6 Å². The Kier molecular flexibility index (Phi) is 3.96. The quantitative estimate of drug-likeness (QED) is 0.709. The van der Waals surface area contributed by atoms with Crippen molar-refractivity contribution in [2.24, 2.45) is 0 Å². The second kappa shape index (κ2) is 5.48. The third-order valence-electron chi connectivity index (χ3n) is 3.45. The Morgan fingerprint density at radius 3 is 2.94 bits per heavy atom. The number of nitrogens with one attached hydrogen (secondary N) is 1. The topological polar surface area (TPSA) is 75.7 Å². The van der Waals surface area contributed by atoms with Gasteiger partial charge in [0.25, 0.3) is 0 Å². The van der Waals surface area contributed by atoms with E-state index in [-0.39, 0.29) is 18.6 Å². The molecule has 100 valence electrons. The van der Waals surface area contributed by atoms with Crippen LogP contribution in [0.4, 0.5) is 0 Å². The Morgan fingerprint density at radius 2 is 2.28 bits per heavy atom. The molecule has 2 atom stereocenters. The van der Waals surface area contributed by atoms with Crippen molar-refractivity contribution in [3.05, 3.63) is 0 Å². The molecule has 0 spiro atoms. The largest absolute Gasteiger partial charge is 0.378 e. The first-order chi connectivity index (χ1) is 8.58. The molecular weight excluding hydrogens is 236 g/mol. The number of rotatable bonds is 3. The van der Waals surface area contributed by atoms with Gasteiger partial charge in [-0.05, 0) is 26.2 Å². The summed E-state index contributed by atoms with van der Waals surface area (Å²) in [5.41, 5.74) is 0. The van der Waals surface area contributed by atoms with Crippen LogP contribution in [0.3, 0.4) is 0 Å². The summed E-state index contributed by atoms with van der Waals surface area (Å²) in [7, 11) is 0. The van der Waals surface area contributed by atoms with Gasteiger partial charge in [0.2, 0.25) is 17.7 Å². The van der Waals surface area contributed by atoms with Gasteiger partial charge >= 0.3 is 0 Å². The lowest BCUT2D eigenvalue weighted by molar-refractivity contribution is -0.149. The Morgan fingerprint density at radius 1 is 1.50 bits per heavy atom. The van der Waals surface area contributed by atoms with Crippen LogP contribution in [0.15, 0.2) is 0 Å². The zero-order chi connectivity index (χ0) is 13.1. The predicted octanol–water partition coefficient (Wildman–Crippen LogP) is -0.181. The fourth-order valence-electron chi connectivity index (χ4n) is 2.32. The maximum Gasteiger partial charge on any atom is 0.249 e. The molecule has 0 aromatic carbocycles. The van der Waals surface area contributed by atoms with Gasteiger partial charge in [-0.3, -0.25) is 19.7 Å². The zero-order valence-electron chi connectivity index (χ0n) is 10.5. The summed E-state index contributed by atoms with van der Waals surface area (Å²) in [6.45, 7) is 2.36. The van der Waals surface area contributed by atoms with Gasteiger partial charge in [0.05, 0.1) is 6.10 Å². The van der Waals surface area contributed by atoms with Crippen LogP contribution in [0.5, 0.6) is 0 Å². The average molecular weight is 254 g/mol. The number of hydrogen-bond acceptors (Lipinski definition) is 4. The normalized spacial score (nSPS) is 28.4. The lowest BCUT2D eigenvalue weighted by atomic mass is 10.1. The number of nitrogens with zero attached hydrogens (tertiary/aromatic N) is 1. The molecular formula is C12H18N2O4. The first kappa shape index (κ1) is 13.0. The fraction of sp³-hybridized carbons (Fsp3) is 0.750. The molecule has 2 heterocycles. The number of imide groups is 1. The van der Waals surface area contributed by atoms with E-state index in [0.717, 1.165) is 19.4 Å². The van der Waals surface area contributed by atoms with Gasteiger partial charge in [-0.2, -0.15) is 0 Å². The summed E-state index contributed by atoms with van der Waals surface area (Å²) in [6.07, 6.45) is 3.17. The van der Waals surface area contributed by atoms with E-state index in [1.807, 2.05) is 0 Å². The molecule has 6 heteroatoms. The van der Waals surface area contributed by atoms with E-state index in [1.165, 1.54) is 4.90 Å². The average Bonchev–Trinajstić information content (AvgIpc) is 2.83. The maximum atomic E-state index is 12.0. The van der Waals surface area contributed by atoms with Gasteiger partial charge in [-0.15, -0.1) is 0 Å². The van der Waals surface area contributed by atoms with Crippen LogP contribution in [0.2, 0.25) is 0 Å². The van der Waals surface area contributed by atoms with Crippen molar-refractivity contribution in [1.29, 1.82) is 0 Å². The second-order valence-electron chi connectivity index (χ2n) is 4.78. The van der Waals surface area contributed by atoms with Crippen molar-refractivity contribution >= 4 is 17.7 Å². The van der Waals surface area contributed by atoms with Crippen molar-refractivity contribution in [2.45, 2.75) is 44.8 Å². The van der Waals surface area contributed by atoms with Gasteiger partial charge in [-0.1, -0.05) is 0 Å². The minimum Gasteiger partial charge on any atom is -0.378 e. The van der Waals surface area contributed by atoms with Crippen LogP contribution in [0.25, 0.3) is 0 Å². The first-order valence-corrected chi connectivity index (χ1v) is 6.32. The van der Waals surface area contributed by atoms with Crippen LogP contribution in [-0.4, -0.2) is 47.9 Å². The molecule has 0 bridgehead atoms. The van der Waals surface area contributed by atoms with E-state index >= 15 is 0 Å². The predicted molar refractivity (Wildman–Crippen MR) is 62.5 cm³/mol. The molecule has 2 aliphatic heterocycles. The zero-order valence-corrected chi connectivity index (χ0v) is 10.5. The second-order valence-corrected chi connectivity index (χ2v) is 4.78. The van der Waals surface area contributed by atoms with Crippen LogP contribution < -0.4 is 5.32 Å². The van der Waals surface area contributed by atoms with Gasteiger partial charge in [0, 0.05) is 13.0 Å². The highest BCUT2D eigenvalue weighted by molar-refractivity contribution is 6.04. The Labute approximate surface area is 106 Å². The molecule has 2 saturated heterocycles. The third-order valence-corrected chi connectivity index (χ3v) is 3.45. The molecule has 0 aliphatic carbocycles. The highest BCUT2D eigenvalue weighted by Crippen LogP contribution is 2.18. The summed E-state index contributed by atoms with van der Waals surface area (Å²) in [5.74, 6) is -0.971. The number of piperazine rings is 1.